The van der Waals surface area contributed by atoms with Gasteiger partial charge in [0, 0.05) is 68.3 Å². The molecule has 0 radical (unpaired) electrons. The third-order valence-electron chi connectivity index (χ3n) is 7.45. The molecule has 3 heterocycles. The molecule has 0 spiro atoms. The van der Waals surface area contributed by atoms with E-state index in [9.17, 15) is 4.79 Å². The van der Waals surface area contributed by atoms with Gasteiger partial charge in [-0.3, -0.25) is 14.3 Å². The summed E-state index contributed by atoms with van der Waals surface area (Å²) in [5.41, 5.74) is 8.19. The number of hydrogen-bond donors (Lipinski definition) is 2. The van der Waals surface area contributed by atoms with Crippen LogP contribution in [0.4, 0.5) is 5.95 Å². The van der Waals surface area contributed by atoms with E-state index in [0.717, 1.165) is 93.2 Å². The molecule has 2 aromatic heterocycles. The molecule has 8 nitrogen and oxygen atoms in total. The van der Waals surface area contributed by atoms with Crippen LogP contribution in [0.15, 0.2) is 29.2 Å². The van der Waals surface area contributed by atoms with Crippen molar-refractivity contribution in [1.82, 2.24) is 24.3 Å². The minimum Gasteiger partial charge on any atom is -0.354 e. The van der Waals surface area contributed by atoms with Crippen LogP contribution in [0.1, 0.15) is 50.6 Å². The zero-order valence-electron chi connectivity index (χ0n) is 20.5. The zero-order chi connectivity index (χ0) is 23.7. The van der Waals surface area contributed by atoms with Gasteiger partial charge < -0.3 is 16.0 Å². The number of nitrogens with two attached hydrogens (primary N) is 1. The third-order valence-corrected chi connectivity index (χ3v) is 7.45. The van der Waals surface area contributed by atoms with Crippen LogP contribution in [0.25, 0.3) is 21.8 Å². The van der Waals surface area contributed by atoms with Gasteiger partial charge in [-0.15, -0.1) is 0 Å². The van der Waals surface area contributed by atoms with Gasteiger partial charge in [0.15, 0.2) is 0 Å². The number of benzene rings is 1. The number of aromatic nitrogens is 3. The molecule has 0 amide bonds. The Morgan fingerprint density at radius 3 is 2.68 bits per heavy atom. The summed E-state index contributed by atoms with van der Waals surface area (Å²) in [6.07, 6.45) is 6.69. The topological polar surface area (TPSA) is 92.3 Å². The number of unbranched alkanes of at least 4 members (excludes halogenated alkanes) is 1. The zero-order valence-corrected chi connectivity index (χ0v) is 20.5. The van der Waals surface area contributed by atoms with Crippen molar-refractivity contribution in [3.05, 3.63) is 40.3 Å². The first kappa shape index (κ1) is 23.2. The molecule has 3 aromatic rings. The van der Waals surface area contributed by atoms with Crippen LogP contribution < -0.4 is 16.6 Å². The number of nitrogens with zero attached hydrogens (tertiary/aromatic N) is 5. The van der Waals surface area contributed by atoms with Crippen molar-refractivity contribution in [2.24, 2.45) is 5.73 Å². The Morgan fingerprint density at radius 1 is 1.12 bits per heavy atom. The summed E-state index contributed by atoms with van der Waals surface area (Å²) in [4.78, 5) is 28.2. The van der Waals surface area contributed by atoms with E-state index in [4.69, 9.17) is 10.7 Å². The van der Waals surface area contributed by atoms with Gasteiger partial charge in [0.1, 0.15) is 5.65 Å². The molecule has 1 saturated heterocycles. The number of fused-ring (bicyclic) bond motifs is 3. The third kappa shape index (κ3) is 4.67. The van der Waals surface area contributed by atoms with Crippen molar-refractivity contribution in [3.8, 4) is 0 Å². The molecule has 0 bridgehead atoms. The fourth-order valence-corrected chi connectivity index (χ4v) is 5.37. The fourth-order valence-electron chi connectivity index (χ4n) is 5.37. The van der Waals surface area contributed by atoms with Crippen LogP contribution in [-0.4, -0.2) is 70.1 Å². The first-order valence-electron chi connectivity index (χ1n) is 12.8. The lowest BCUT2D eigenvalue weighted by molar-refractivity contribution is 0.148. The maximum atomic E-state index is 13.9. The Kier molecular flexibility index (Phi) is 6.81. The van der Waals surface area contributed by atoms with Gasteiger partial charge in [0.2, 0.25) is 5.95 Å². The monoisotopic (exact) mass is 463 g/mol. The van der Waals surface area contributed by atoms with Crippen molar-refractivity contribution >= 4 is 27.8 Å². The van der Waals surface area contributed by atoms with Gasteiger partial charge in [-0.1, -0.05) is 25.5 Å². The lowest BCUT2D eigenvalue weighted by Gasteiger charge is -2.32. The largest absolute Gasteiger partial charge is 0.354 e. The van der Waals surface area contributed by atoms with Crippen molar-refractivity contribution in [3.63, 3.8) is 0 Å². The number of pyridine rings is 1. The lowest BCUT2D eigenvalue weighted by atomic mass is 10.0. The Hall–Kier alpha value is -2.55. The number of rotatable bonds is 7. The van der Waals surface area contributed by atoms with E-state index in [1.54, 1.807) is 0 Å². The Bertz CT molecular complexity index is 1220. The van der Waals surface area contributed by atoms with Crippen LogP contribution in [0.3, 0.4) is 0 Å². The molecule has 1 aliphatic heterocycles. The van der Waals surface area contributed by atoms with Crippen LogP contribution in [-0.2, 0) is 6.54 Å². The van der Waals surface area contributed by atoms with Gasteiger partial charge >= 0.3 is 0 Å². The van der Waals surface area contributed by atoms with Gasteiger partial charge in [-0.2, -0.15) is 4.98 Å². The van der Waals surface area contributed by atoms with Gasteiger partial charge in [0.05, 0.1) is 0 Å². The highest BCUT2D eigenvalue weighted by Crippen LogP contribution is 2.32. The van der Waals surface area contributed by atoms with E-state index in [1.807, 2.05) is 10.8 Å². The molecule has 1 aromatic carbocycles. The highest BCUT2D eigenvalue weighted by molar-refractivity contribution is 6.04. The fraction of sp³-hybridized carbons (Fsp3) is 0.577. The minimum absolute atomic E-state index is 0.0417. The molecular formula is C26H37N7O. The van der Waals surface area contributed by atoms with E-state index in [-0.39, 0.29) is 17.6 Å². The number of likely N-dealkylation sites (N-methyl/N-ethyl adjacent to an activating group) is 1. The van der Waals surface area contributed by atoms with E-state index in [1.165, 1.54) is 5.56 Å². The maximum Gasteiger partial charge on any atom is 0.260 e. The van der Waals surface area contributed by atoms with Crippen molar-refractivity contribution in [1.29, 1.82) is 0 Å². The second kappa shape index (κ2) is 9.98. The van der Waals surface area contributed by atoms with Crippen molar-refractivity contribution < 1.29 is 0 Å². The summed E-state index contributed by atoms with van der Waals surface area (Å²) < 4.78 is 1.91. The lowest BCUT2D eigenvalue weighted by Crippen LogP contribution is -2.43. The Balaban J connectivity index is 1.58. The number of anilines is 1. The van der Waals surface area contributed by atoms with Crippen LogP contribution in [0.5, 0.6) is 0 Å². The molecule has 34 heavy (non-hydrogen) atoms. The highest BCUT2D eigenvalue weighted by atomic mass is 16.1. The van der Waals surface area contributed by atoms with E-state index in [2.05, 4.69) is 52.3 Å². The van der Waals surface area contributed by atoms with Crippen LogP contribution >= 0.6 is 0 Å². The molecule has 2 aliphatic rings. The number of piperazine rings is 1. The van der Waals surface area contributed by atoms with E-state index >= 15 is 0 Å². The molecule has 2 atom stereocenters. The molecule has 1 saturated carbocycles. The minimum atomic E-state index is 0.0417. The van der Waals surface area contributed by atoms with Gasteiger partial charge in [-0.25, -0.2) is 4.98 Å². The highest BCUT2D eigenvalue weighted by Gasteiger charge is 2.27. The standard InChI is InChI=1S/C26H37N7O/c1-3-4-9-28-26-29-16-23-21-8-5-18(17-32-12-10-31(2)11-13-32)14-22(21)25(34)33(24(23)30-26)20-7-6-19(27)15-20/h5,8,14,16,19-20H,3-4,6-7,9-13,15,17,27H2,1-2H3,(H,28,29,30)/t19?,20-/m0/s1. The van der Waals surface area contributed by atoms with Crippen molar-refractivity contribution in [2.45, 2.75) is 57.7 Å². The van der Waals surface area contributed by atoms with Gasteiger partial charge in [0.25, 0.3) is 5.56 Å². The summed E-state index contributed by atoms with van der Waals surface area (Å²) in [5.74, 6) is 0.586. The van der Waals surface area contributed by atoms with Crippen molar-refractivity contribution in [2.75, 3.05) is 45.1 Å². The SMILES string of the molecule is CCCCNc1ncc2c3ccc(CN4CCN(C)CC4)cc3c(=O)n([C@H]3CCC(N)C3)c2n1. The summed E-state index contributed by atoms with van der Waals surface area (Å²) in [6, 6.07) is 6.55. The summed E-state index contributed by atoms with van der Waals surface area (Å²) in [6.45, 7) is 8.12. The van der Waals surface area contributed by atoms with Gasteiger partial charge in [-0.05, 0) is 49.7 Å². The number of nitrogens with one attached hydrogen (secondary N) is 1. The molecule has 3 N–H and O–H groups in total. The second-order valence-corrected chi connectivity index (χ2v) is 10.1. The average Bonchev–Trinajstić information content (AvgIpc) is 3.26. The second-order valence-electron chi connectivity index (χ2n) is 10.1. The summed E-state index contributed by atoms with van der Waals surface area (Å²) in [5, 5.41) is 5.94. The Labute approximate surface area is 201 Å². The quantitative estimate of drug-likeness (QED) is 0.411. The molecule has 1 unspecified atom stereocenters. The summed E-state index contributed by atoms with van der Waals surface area (Å²) >= 11 is 0. The van der Waals surface area contributed by atoms with E-state index < -0.39 is 0 Å². The molecular weight excluding hydrogens is 426 g/mol. The molecule has 1 aliphatic carbocycles. The molecule has 8 heteroatoms. The Morgan fingerprint density at radius 2 is 1.94 bits per heavy atom. The first-order valence-corrected chi connectivity index (χ1v) is 12.8. The predicted molar refractivity (Wildman–Crippen MR) is 138 cm³/mol. The number of hydrogen-bond acceptors (Lipinski definition) is 7. The predicted octanol–water partition coefficient (Wildman–Crippen LogP) is 2.96. The average molecular weight is 464 g/mol. The maximum absolute atomic E-state index is 13.9. The van der Waals surface area contributed by atoms with Crippen LogP contribution in [0.2, 0.25) is 0 Å². The summed E-state index contributed by atoms with van der Waals surface area (Å²) in [7, 11) is 2.17. The molecule has 5 rings (SSSR count). The molecule has 182 valence electrons. The molecule has 2 fully saturated rings. The normalized spacial score (nSPS) is 22.1. The smallest absolute Gasteiger partial charge is 0.260 e. The van der Waals surface area contributed by atoms with Crippen LogP contribution in [0, 0.1) is 0 Å². The first-order chi connectivity index (χ1) is 16.5. The van der Waals surface area contributed by atoms with E-state index in [0.29, 0.717) is 5.95 Å².